The Balaban J connectivity index is 0.998. The van der Waals surface area contributed by atoms with Gasteiger partial charge in [0.2, 0.25) is 65.0 Å². The van der Waals surface area contributed by atoms with Crippen LogP contribution in [0.25, 0.3) is 10.9 Å². The van der Waals surface area contributed by atoms with Gasteiger partial charge in [0.05, 0.1) is 45.7 Å². The van der Waals surface area contributed by atoms with Crippen molar-refractivity contribution in [3.8, 4) is 0 Å². The van der Waals surface area contributed by atoms with E-state index in [9.17, 15) is 62.6 Å². The quantitative estimate of drug-likeness (QED) is 0.0220. The maximum atomic E-state index is 15.2. The number of benzene rings is 2. The van der Waals surface area contributed by atoms with Crippen LogP contribution in [-0.2, 0) is 94.1 Å². The number of carbonyl (C=O) groups excluding carboxylic acids is 12. The zero-order chi connectivity index (χ0) is 83.8. The van der Waals surface area contributed by atoms with Crippen LogP contribution in [0, 0.1) is 0 Å². The number of H-pyrrole nitrogens is 1. The van der Waals surface area contributed by atoms with Gasteiger partial charge in [-0.2, -0.15) is 0 Å². The van der Waals surface area contributed by atoms with Crippen LogP contribution in [0.4, 0.5) is 0 Å². The van der Waals surface area contributed by atoms with Gasteiger partial charge in [-0.15, -0.1) is 0 Å². The SMILES string of the molecule is CCCC[C@H](NC(=O)[C@@H]1CCCN1C(=O)COCCOCCNC(=O)COCCOCCNC(=O)CCCCCCCCCCCCCCC(=O)O)C(=O)N[C@H]1CCC(=O)CCCCC[C@@H](C(N)=O)NC(=O)[C@H](Cc2c[nH]c3ccccc23)NC(=O)[C@H](CCCN=C(N)N)NC(=O)[C@@H](Cc2ccccc2)NC(=O)[C@@H]2C[C@@H](O)CN2C1=O. The van der Waals surface area contributed by atoms with Crippen LogP contribution in [0.1, 0.15) is 204 Å². The summed E-state index contributed by atoms with van der Waals surface area (Å²) in [6.45, 7) is 2.70. The summed E-state index contributed by atoms with van der Waals surface area (Å²) < 4.78 is 22.1. The molecule has 2 aromatic carbocycles. The average molecular weight is 1630 g/mol. The van der Waals surface area contributed by atoms with Crippen LogP contribution in [0.5, 0.6) is 0 Å². The summed E-state index contributed by atoms with van der Waals surface area (Å²) >= 11 is 0. The number of nitrogens with two attached hydrogens (primary N) is 3. The van der Waals surface area contributed by atoms with E-state index in [4.69, 9.17) is 41.3 Å². The summed E-state index contributed by atoms with van der Waals surface area (Å²) in [6.07, 6.45) is 16.0. The molecule has 3 fully saturated rings. The molecule has 3 aromatic rings. The highest BCUT2D eigenvalue weighted by molar-refractivity contribution is 5.99. The van der Waals surface area contributed by atoms with Gasteiger partial charge >= 0.3 is 5.97 Å². The van der Waals surface area contributed by atoms with Gasteiger partial charge in [0.1, 0.15) is 67.3 Å². The highest BCUT2D eigenvalue weighted by Gasteiger charge is 2.44. The fraction of sp³-hybridized carbons (Fsp3) is 0.659. The maximum absolute atomic E-state index is 15.2. The van der Waals surface area contributed by atoms with Crippen LogP contribution < -0.4 is 59.7 Å². The van der Waals surface area contributed by atoms with Crippen LogP contribution in [0.2, 0.25) is 0 Å². The van der Waals surface area contributed by atoms with Crippen molar-refractivity contribution < 1.29 is 91.5 Å². The zero-order valence-electron chi connectivity index (χ0n) is 67.5. The number of aliphatic hydroxyl groups excluding tert-OH is 1. The number of ketones is 1. The first-order valence-electron chi connectivity index (χ1n) is 41.6. The number of unbranched alkanes of at least 4 members (excludes halogenated alkanes) is 12. The molecule has 3 aliphatic rings. The molecule has 116 heavy (non-hydrogen) atoms. The number of para-hydroxylation sites is 1. The molecule has 0 bridgehead atoms. The standard InChI is InChI=1S/C82H127N15O19/c1-2-3-30-63(92-79(110)68-34-25-42-96(68)72(102)55-116-48-46-114-44-41-87-71(101)54-115-47-45-113-43-40-86-70(100)35-20-12-10-8-6-4-5-7-9-11-13-21-36-73(103)104)75(106)93-65-38-37-58(98)28-18-15-19-32-62(74(83)105)90-78(109)67(50-57-52-89-61-31-23-22-29-60(57)61)94-76(107)64(33-24-39-88-82(84)85)91-77(108)66(49-56-26-16-14-17-27-56)95-80(111)69-51-59(99)53-97(69)81(65)112/h14,16-17,22-23,26-27,29,31,52,59,62-69,89,99H,2-13,15,18-21,24-25,28,30,32-51,53-55H2,1H3,(H2,83,105)(H,86,100)(H,87,101)(H,90,109)(H,91,108)(H,92,110)(H,93,106)(H,94,107)(H,95,111)(H,103,104)(H4,84,85,88)/t59-,62+,63+,64+,65+,66-,67+,68+,69+/m1/s1. The molecule has 0 aliphatic carbocycles. The number of primary amides is 1. The Bertz CT molecular complexity index is 3620. The Morgan fingerprint density at radius 3 is 1.89 bits per heavy atom. The van der Waals surface area contributed by atoms with Crippen molar-refractivity contribution in [2.24, 2.45) is 22.2 Å². The number of aromatic nitrogens is 1. The van der Waals surface area contributed by atoms with E-state index < -0.39 is 120 Å². The number of hydrogen-bond donors (Lipinski definition) is 14. The molecule has 17 N–H and O–H groups in total. The largest absolute Gasteiger partial charge is 0.481 e. The number of hydrogen-bond acceptors (Lipinski definition) is 19. The van der Waals surface area contributed by atoms with Crippen molar-refractivity contribution >= 4 is 93.6 Å². The number of rotatable bonds is 47. The summed E-state index contributed by atoms with van der Waals surface area (Å²) in [4.78, 5) is 189. The number of carboxylic acids is 1. The van der Waals surface area contributed by atoms with Crippen molar-refractivity contribution in [2.45, 2.75) is 260 Å². The molecule has 0 unspecified atom stereocenters. The minimum absolute atomic E-state index is 0.00844. The lowest BCUT2D eigenvalue weighted by atomic mass is 10.00. The van der Waals surface area contributed by atoms with Gasteiger partial charge in [0.25, 0.3) is 0 Å². The van der Waals surface area contributed by atoms with E-state index in [0.717, 1.165) is 67.2 Å². The molecule has 34 nitrogen and oxygen atoms in total. The molecule has 0 spiro atoms. The van der Waals surface area contributed by atoms with Gasteiger partial charge in [-0.25, -0.2) is 0 Å². The van der Waals surface area contributed by atoms with Crippen LogP contribution >= 0.6 is 0 Å². The Kier molecular flexibility index (Phi) is 44.6. The molecule has 644 valence electrons. The minimum atomic E-state index is -1.51. The number of ether oxygens (including phenoxy) is 4. The predicted molar refractivity (Wildman–Crippen MR) is 432 cm³/mol. The third kappa shape index (κ3) is 36.3. The molecular formula is C82H127N15O19. The second-order valence-electron chi connectivity index (χ2n) is 30.1. The van der Waals surface area contributed by atoms with Gasteiger partial charge in [-0.3, -0.25) is 67.3 Å². The van der Waals surface area contributed by atoms with E-state index in [1.807, 2.05) is 31.2 Å². The number of guanidine groups is 1. The number of nitrogens with zero attached hydrogens (tertiary/aromatic N) is 3. The van der Waals surface area contributed by atoms with E-state index in [0.29, 0.717) is 69.2 Å². The lowest BCUT2D eigenvalue weighted by molar-refractivity contribution is -0.144. The van der Waals surface area contributed by atoms with Crippen LogP contribution in [-0.4, -0.2) is 248 Å². The smallest absolute Gasteiger partial charge is 0.303 e. The highest BCUT2D eigenvalue weighted by Crippen LogP contribution is 2.25. The number of aliphatic carboxylic acids is 1. The van der Waals surface area contributed by atoms with Gasteiger partial charge in [0.15, 0.2) is 5.96 Å². The Morgan fingerprint density at radius 1 is 0.612 bits per heavy atom. The van der Waals surface area contributed by atoms with Crippen LogP contribution in [0.3, 0.4) is 0 Å². The normalized spacial score (nSPS) is 20.5. The molecule has 1 aromatic heterocycles. The van der Waals surface area contributed by atoms with Crippen molar-refractivity contribution in [1.29, 1.82) is 0 Å². The number of carboxylic acid groups (broad SMARTS) is 1. The first kappa shape index (κ1) is 95.2. The van der Waals surface area contributed by atoms with E-state index >= 15 is 4.79 Å². The molecule has 9 atom stereocenters. The predicted octanol–water partition coefficient (Wildman–Crippen LogP) is 2.70. The van der Waals surface area contributed by atoms with Crippen molar-refractivity contribution in [2.75, 3.05) is 85.6 Å². The van der Waals surface area contributed by atoms with E-state index in [2.05, 4.69) is 52.5 Å². The van der Waals surface area contributed by atoms with Crippen molar-refractivity contribution in [3.63, 3.8) is 0 Å². The molecule has 6 rings (SSSR count). The molecule has 34 heteroatoms. The van der Waals surface area contributed by atoms with Crippen LogP contribution in [0.15, 0.2) is 65.8 Å². The molecule has 3 aliphatic heterocycles. The molecule has 0 radical (unpaired) electrons. The number of nitrogens with one attached hydrogen (secondary N) is 9. The second-order valence-corrected chi connectivity index (χ2v) is 30.1. The summed E-state index contributed by atoms with van der Waals surface area (Å²) in [7, 11) is 0. The number of fused-ring (bicyclic) bond motifs is 2. The third-order valence-corrected chi connectivity index (χ3v) is 20.8. The molecule has 4 heterocycles. The fourth-order valence-corrected chi connectivity index (χ4v) is 14.4. The topological polar surface area (TPSA) is 508 Å². The van der Waals surface area contributed by atoms with Crippen molar-refractivity contribution in [3.05, 3.63) is 71.9 Å². The number of aliphatic hydroxyl groups is 1. The average Bonchev–Trinajstić information content (AvgIpc) is 1.66. The van der Waals surface area contributed by atoms with Gasteiger partial charge in [0, 0.05) is 94.8 Å². The summed E-state index contributed by atoms with van der Waals surface area (Å²) in [5, 5.41) is 43.0. The monoisotopic (exact) mass is 1630 g/mol. The molecule has 0 saturated carbocycles. The van der Waals surface area contributed by atoms with Crippen molar-refractivity contribution in [1.82, 2.24) is 57.3 Å². The summed E-state index contributed by atoms with van der Waals surface area (Å²) in [5.74, 6) is -8.50. The zero-order valence-corrected chi connectivity index (χ0v) is 67.5. The van der Waals surface area contributed by atoms with Gasteiger partial charge in [-0.1, -0.05) is 145 Å². The number of Topliss-reactive ketones (excluding diaryl/α,β-unsaturated/α-hetero) is 1. The molecule has 3 saturated heterocycles. The Morgan fingerprint density at radius 2 is 1.22 bits per heavy atom. The summed E-state index contributed by atoms with van der Waals surface area (Å²) in [6, 6.07) is 5.37. The third-order valence-electron chi connectivity index (χ3n) is 20.8. The fourth-order valence-electron chi connectivity index (χ4n) is 14.4. The highest BCUT2D eigenvalue weighted by atomic mass is 16.5. The van der Waals surface area contributed by atoms with E-state index in [1.54, 1.807) is 36.5 Å². The first-order valence-corrected chi connectivity index (χ1v) is 41.6. The minimum Gasteiger partial charge on any atom is -0.481 e. The van der Waals surface area contributed by atoms with E-state index in [-0.39, 0.29) is 166 Å². The lowest BCUT2D eigenvalue weighted by Gasteiger charge is -2.31. The molecule has 11 amide bonds. The number of carbonyl (C=O) groups is 13. The van der Waals surface area contributed by atoms with Gasteiger partial charge < -0.3 is 104 Å². The second kappa shape index (κ2) is 54.3. The van der Waals surface area contributed by atoms with Gasteiger partial charge in [-0.05, 0) is 81.4 Å². The molecular weight excluding hydrogens is 1500 g/mol. The summed E-state index contributed by atoms with van der Waals surface area (Å²) in [5.41, 5.74) is 19.1. The van der Waals surface area contributed by atoms with E-state index in [1.165, 1.54) is 30.6 Å². The Labute approximate surface area is 679 Å². The number of aliphatic imine (C=N–C) groups is 1. The Hall–Kier alpha value is -9.64. The number of amides is 11. The maximum Gasteiger partial charge on any atom is 0.303 e. The number of likely N-dealkylation sites (tertiary alicyclic amines) is 1. The first-order chi connectivity index (χ1) is 56.0. The lowest BCUT2D eigenvalue weighted by Crippen LogP contribution is -2.60. The number of aromatic amines is 1.